The van der Waals surface area contributed by atoms with Crippen LogP contribution in [0.2, 0.25) is 5.04 Å². The molecule has 0 aromatic carbocycles. The van der Waals surface area contributed by atoms with Gasteiger partial charge in [0.05, 0.1) is 0 Å². The summed E-state index contributed by atoms with van der Waals surface area (Å²) in [5, 5.41) is 0.635. The van der Waals surface area contributed by atoms with Gasteiger partial charge in [-0.05, 0) is 5.04 Å². The van der Waals surface area contributed by atoms with Crippen molar-refractivity contribution in [2.75, 3.05) is 0 Å². The maximum absolute atomic E-state index is 3.75. The molecule has 0 fully saturated rings. The molecule has 0 radical (unpaired) electrons. The summed E-state index contributed by atoms with van der Waals surface area (Å²) in [7, 11) is -0.0102. The Kier molecular flexibility index (Phi) is 17.1. The molecule has 0 aromatic heterocycles. The third-order valence-corrected chi connectivity index (χ3v) is 10.4. The highest BCUT2D eigenvalue weighted by atomic mass is 79.9. The van der Waals surface area contributed by atoms with E-state index in [4.69, 9.17) is 0 Å². The van der Waals surface area contributed by atoms with E-state index >= 15 is 0 Å². The van der Waals surface area contributed by atoms with Crippen LogP contribution in [0.15, 0.2) is 0 Å². The summed E-state index contributed by atoms with van der Waals surface area (Å²) in [4.78, 5) is 0. The third kappa shape index (κ3) is 17.1. The van der Waals surface area contributed by atoms with Crippen LogP contribution in [-0.2, 0) is 0 Å². The molecule has 0 spiro atoms. The van der Waals surface area contributed by atoms with Gasteiger partial charge in [-0.1, -0.05) is 124 Å². The Hall–Kier alpha value is 0.697. The number of hydrogen-bond donors (Lipinski definition) is 0. The maximum atomic E-state index is 3.75. The predicted octanol–water partition coefficient (Wildman–Crippen LogP) is 7.93. The monoisotopic (exact) mass is 390 g/mol. The lowest BCUT2D eigenvalue weighted by molar-refractivity contribution is 0.510. The average molecular weight is 392 g/mol. The Morgan fingerprint density at radius 2 is 0.909 bits per heavy atom. The van der Waals surface area contributed by atoms with Crippen molar-refractivity contribution in [3.8, 4) is 0 Å². The van der Waals surface area contributed by atoms with E-state index in [1.54, 1.807) is 0 Å². The van der Waals surface area contributed by atoms with Crippen molar-refractivity contribution in [2.45, 2.75) is 129 Å². The minimum absolute atomic E-state index is 0.0102. The molecule has 0 N–H and O–H groups in total. The fraction of sp³-hybridized carbons (Fsp3) is 1.00. The van der Waals surface area contributed by atoms with Gasteiger partial charge in [-0.25, -0.2) is 0 Å². The van der Waals surface area contributed by atoms with Gasteiger partial charge in [-0.2, -0.15) is 0 Å². The van der Waals surface area contributed by atoms with E-state index in [0.717, 1.165) is 0 Å². The van der Waals surface area contributed by atoms with Gasteiger partial charge in [0.25, 0.3) is 0 Å². The van der Waals surface area contributed by atoms with Crippen molar-refractivity contribution < 1.29 is 0 Å². The number of halogens is 1. The highest BCUT2D eigenvalue weighted by Gasteiger charge is 2.15. The average Bonchev–Trinajstić information content (AvgIpc) is 2.51. The number of unbranched alkanes of at least 4 members (excludes halogenated alkanes) is 14. The lowest BCUT2D eigenvalue weighted by Gasteiger charge is -2.20. The van der Waals surface area contributed by atoms with E-state index in [2.05, 4.69) is 36.1 Å². The van der Waals surface area contributed by atoms with Gasteiger partial charge in [0, 0.05) is 0 Å². The topological polar surface area (TPSA) is 0 Å². The normalized spacial score (nSPS) is 12.5. The van der Waals surface area contributed by atoms with Crippen LogP contribution in [0.5, 0.6) is 0 Å². The Balaban J connectivity index is 3.06. The van der Waals surface area contributed by atoms with Gasteiger partial charge in [0.15, 0.2) is 0 Å². The van der Waals surface area contributed by atoms with Crippen LogP contribution in [0.1, 0.15) is 124 Å². The number of rotatable bonds is 17. The molecule has 0 unspecified atom stereocenters. The molecule has 0 nitrogen and oxygen atoms in total. The van der Waals surface area contributed by atoms with Crippen LogP contribution in [0.3, 0.4) is 0 Å². The Labute approximate surface area is 152 Å². The molecular weight excluding hydrogens is 348 g/mol. The van der Waals surface area contributed by atoms with E-state index in [-0.39, 0.29) is 8.14 Å². The number of hydrogen-bond acceptors (Lipinski definition) is 0. The molecule has 0 aliphatic rings. The van der Waals surface area contributed by atoms with Crippen LogP contribution in [0.4, 0.5) is 0 Å². The maximum Gasteiger partial charge on any atom is 0.104 e. The zero-order chi connectivity index (χ0) is 16.5. The van der Waals surface area contributed by atoms with Crippen molar-refractivity contribution in [2.24, 2.45) is 0 Å². The molecule has 2 heteroatoms. The van der Waals surface area contributed by atoms with Crippen LogP contribution in [-0.4, -0.2) is 8.14 Å². The SMILES string of the molecule is CCCCCCCCCCCCCCCCCC(C)(C)[SiH2]Br. The zero-order valence-electron chi connectivity index (χ0n) is 15.9. The molecule has 22 heavy (non-hydrogen) atoms. The fourth-order valence-electron chi connectivity index (χ4n) is 3.04. The van der Waals surface area contributed by atoms with Crippen molar-refractivity contribution in [3.63, 3.8) is 0 Å². The lowest BCUT2D eigenvalue weighted by atomic mass is 10.0. The molecule has 0 bridgehead atoms. The van der Waals surface area contributed by atoms with Crippen molar-refractivity contribution in [1.29, 1.82) is 0 Å². The van der Waals surface area contributed by atoms with Gasteiger partial charge < -0.3 is 0 Å². The molecule has 0 amide bonds. The molecule has 0 aromatic rings. The summed E-state index contributed by atoms with van der Waals surface area (Å²) in [5.41, 5.74) is 0. The highest BCUT2D eigenvalue weighted by molar-refractivity contribution is 9.23. The first-order chi connectivity index (χ1) is 10.6. The Bertz CT molecular complexity index is 216. The van der Waals surface area contributed by atoms with Gasteiger partial charge in [0.2, 0.25) is 0 Å². The van der Waals surface area contributed by atoms with Gasteiger partial charge in [-0.3, -0.25) is 0 Å². The minimum atomic E-state index is -0.0102. The second kappa shape index (κ2) is 16.6. The predicted molar refractivity (Wildman–Crippen MR) is 111 cm³/mol. The molecule has 0 aliphatic carbocycles. The molecule has 134 valence electrons. The summed E-state index contributed by atoms with van der Waals surface area (Å²) >= 11 is 3.75. The van der Waals surface area contributed by atoms with Crippen molar-refractivity contribution >= 4 is 23.4 Å². The van der Waals surface area contributed by atoms with E-state index < -0.39 is 0 Å². The Morgan fingerprint density at radius 3 is 1.23 bits per heavy atom. The van der Waals surface area contributed by atoms with Crippen LogP contribution in [0, 0.1) is 0 Å². The zero-order valence-corrected chi connectivity index (χ0v) is 18.9. The fourth-order valence-corrected chi connectivity index (χ4v) is 4.27. The van der Waals surface area contributed by atoms with Crippen molar-refractivity contribution in [3.05, 3.63) is 0 Å². The molecule has 0 saturated heterocycles. The van der Waals surface area contributed by atoms with Crippen molar-refractivity contribution in [1.82, 2.24) is 0 Å². The summed E-state index contributed by atoms with van der Waals surface area (Å²) in [6.45, 7) is 7.15. The minimum Gasteiger partial charge on any atom is -0.135 e. The van der Waals surface area contributed by atoms with Crippen LogP contribution in [0.25, 0.3) is 0 Å². The highest BCUT2D eigenvalue weighted by Crippen LogP contribution is 2.31. The van der Waals surface area contributed by atoms with Gasteiger partial charge >= 0.3 is 0 Å². The van der Waals surface area contributed by atoms with Crippen LogP contribution >= 0.6 is 15.3 Å². The van der Waals surface area contributed by atoms with E-state index in [0.29, 0.717) is 5.04 Å². The summed E-state index contributed by atoms with van der Waals surface area (Å²) < 4.78 is 0. The van der Waals surface area contributed by atoms with Gasteiger partial charge in [-0.15, -0.1) is 15.3 Å². The summed E-state index contributed by atoms with van der Waals surface area (Å²) in [5.74, 6) is 0. The Morgan fingerprint density at radius 1 is 0.591 bits per heavy atom. The first-order valence-electron chi connectivity index (χ1n) is 10.2. The first-order valence-corrected chi connectivity index (χ1v) is 14.8. The second-order valence-electron chi connectivity index (χ2n) is 8.00. The lowest BCUT2D eigenvalue weighted by Crippen LogP contribution is -2.07. The third-order valence-electron chi connectivity index (χ3n) is 4.82. The molecule has 0 heterocycles. The summed E-state index contributed by atoms with van der Waals surface area (Å²) in [6, 6.07) is 0. The molecule has 0 atom stereocenters. The van der Waals surface area contributed by atoms with Crippen LogP contribution < -0.4 is 0 Å². The molecule has 0 rings (SSSR count). The first kappa shape index (κ1) is 22.7. The molecular formula is C20H43BrSi. The van der Waals surface area contributed by atoms with E-state index in [1.807, 2.05) is 0 Å². The summed E-state index contributed by atoms with van der Waals surface area (Å²) in [6.07, 6.45) is 23.4. The smallest absolute Gasteiger partial charge is 0.104 e. The van der Waals surface area contributed by atoms with E-state index in [9.17, 15) is 0 Å². The molecule has 0 aliphatic heterocycles. The molecule has 0 saturated carbocycles. The second-order valence-corrected chi connectivity index (χ2v) is 11.9. The van der Waals surface area contributed by atoms with Gasteiger partial charge in [0.1, 0.15) is 8.14 Å². The standard InChI is InChI=1S/C20H43BrSi/c1-4-5-6-7-8-9-10-11-12-13-14-15-16-17-18-19-20(2,3)22-21/h4-19,22H2,1-3H3. The van der Waals surface area contributed by atoms with E-state index in [1.165, 1.54) is 103 Å². The largest absolute Gasteiger partial charge is 0.135 e. The quantitative estimate of drug-likeness (QED) is 0.134.